The first kappa shape index (κ1) is 12.2. The molecule has 0 aromatic heterocycles. The average molecular weight is 240 g/mol. The number of piperidine rings is 2. The largest absolute Gasteiger partial charge is 0.447 e. The second kappa shape index (κ2) is 4.94. The van der Waals surface area contributed by atoms with Gasteiger partial charge in [-0.3, -0.25) is 4.79 Å². The maximum atomic E-state index is 11.8. The highest BCUT2D eigenvalue weighted by molar-refractivity contribution is 5.77. The lowest BCUT2D eigenvalue weighted by molar-refractivity contribution is -0.125. The van der Waals surface area contributed by atoms with Crippen molar-refractivity contribution in [2.75, 3.05) is 13.1 Å². The Labute approximate surface area is 101 Å². The Morgan fingerprint density at radius 3 is 2.94 bits per heavy atom. The average Bonchev–Trinajstić information content (AvgIpc) is 2.27. The molecule has 17 heavy (non-hydrogen) atoms. The summed E-state index contributed by atoms with van der Waals surface area (Å²) in [6, 6.07) is 0.249. The molecule has 2 unspecified atom stereocenters. The van der Waals surface area contributed by atoms with Crippen molar-refractivity contribution in [1.82, 2.24) is 10.2 Å². The smallest absolute Gasteiger partial charge is 0.410 e. The number of carbonyl (C=O) groups is 2. The molecule has 96 valence electrons. The number of likely N-dealkylation sites (tertiary alicyclic amines) is 1. The van der Waals surface area contributed by atoms with Crippen LogP contribution in [0.1, 0.15) is 33.1 Å². The summed E-state index contributed by atoms with van der Waals surface area (Å²) in [6.07, 6.45) is 1.99. The number of nitrogens with one attached hydrogen (secondary N) is 1. The van der Waals surface area contributed by atoms with Gasteiger partial charge >= 0.3 is 6.09 Å². The van der Waals surface area contributed by atoms with E-state index in [4.69, 9.17) is 4.74 Å². The Hall–Kier alpha value is -1.26. The summed E-state index contributed by atoms with van der Waals surface area (Å²) in [7, 11) is 0. The molecule has 0 bridgehead atoms. The quantitative estimate of drug-likeness (QED) is 0.747. The standard InChI is InChI=1S/C12H20N2O3/c1-8(2)17-12(16)14-6-5-10-9(7-14)3-4-11(15)13-10/h8-10H,3-7H2,1-2H3,(H,13,15). The molecule has 5 heteroatoms. The zero-order chi connectivity index (χ0) is 12.4. The lowest BCUT2D eigenvalue weighted by Gasteiger charge is -2.41. The van der Waals surface area contributed by atoms with E-state index in [0.717, 1.165) is 12.8 Å². The van der Waals surface area contributed by atoms with E-state index >= 15 is 0 Å². The second-order valence-electron chi connectivity index (χ2n) is 5.14. The number of hydrogen-bond donors (Lipinski definition) is 1. The molecular formula is C12H20N2O3. The summed E-state index contributed by atoms with van der Waals surface area (Å²) in [5.41, 5.74) is 0. The second-order valence-corrected chi connectivity index (χ2v) is 5.14. The zero-order valence-corrected chi connectivity index (χ0v) is 10.4. The molecule has 1 N–H and O–H groups in total. The lowest BCUT2D eigenvalue weighted by atomic mass is 9.85. The Balaban J connectivity index is 1.89. The van der Waals surface area contributed by atoms with Crippen molar-refractivity contribution in [2.24, 2.45) is 5.92 Å². The van der Waals surface area contributed by atoms with Crippen LogP contribution in [-0.2, 0) is 9.53 Å². The van der Waals surface area contributed by atoms with Crippen LogP contribution in [0.15, 0.2) is 0 Å². The van der Waals surface area contributed by atoms with Gasteiger partial charge in [-0.15, -0.1) is 0 Å². The van der Waals surface area contributed by atoms with Gasteiger partial charge in [-0.25, -0.2) is 4.79 Å². The summed E-state index contributed by atoms with van der Waals surface area (Å²) in [6.45, 7) is 5.08. The molecule has 0 aromatic rings. The van der Waals surface area contributed by atoms with Crippen LogP contribution >= 0.6 is 0 Å². The van der Waals surface area contributed by atoms with E-state index in [0.29, 0.717) is 25.4 Å². The number of amides is 2. The van der Waals surface area contributed by atoms with Gasteiger partial charge in [0.15, 0.2) is 0 Å². The SMILES string of the molecule is CC(C)OC(=O)N1CCC2NC(=O)CCC2C1. The molecule has 2 rings (SSSR count). The third-order valence-electron chi connectivity index (χ3n) is 3.42. The van der Waals surface area contributed by atoms with Gasteiger partial charge < -0.3 is 15.0 Å². The van der Waals surface area contributed by atoms with Crippen LogP contribution in [0.5, 0.6) is 0 Å². The minimum atomic E-state index is -0.227. The summed E-state index contributed by atoms with van der Waals surface area (Å²) in [5, 5.41) is 3.00. The van der Waals surface area contributed by atoms with Gasteiger partial charge in [0, 0.05) is 25.6 Å². The summed E-state index contributed by atoms with van der Waals surface area (Å²) < 4.78 is 5.19. The van der Waals surface area contributed by atoms with E-state index in [1.807, 2.05) is 13.8 Å². The predicted molar refractivity (Wildman–Crippen MR) is 62.5 cm³/mol. The molecule has 2 aliphatic rings. The van der Waals surface area contributed by atoms with Crippen molar-refractivity contribution in [3.8, 4) is 0 Å². The normalized spacial score (nSPS) is 28.6. The fourth-order valence-corrected chi connectivity index (χ4v) is 2.55. The molecule has 2 heterocycles. The van der Waals surface area contributed by atoms with Crippen molar-refractivity contribution >= 4 is 12.0 Å². The van der Waals surface area contributed by atoms with Gasteiger partial charge in [0.05, 0.1) is 6.10 Å². The van der Waals surface area contributed by atoms with Gasteiger partial charge in [-0.05, 0) is 32.6 Å². The molecule has 0 aromatic carbocycles. The third kappa shape index (κ3) is 2.90. The van der Waals surface area contributed by atoms with E-state index in [-0.39, 0.29) is 24.1 Å². The summed E-state index contributed by atoms with van der Waals surface area (Å²) >= 11 is 0. The minimum Gasteiger partial charge on any atom is -0.447 e. The summed E-state index contributed by atoms with van der Waals surface area (Å²) in [5.74, 6) is 0.533. The van der Waals surface area contributed by atoms with E-state index in [1.165, 1.54) is 0 Å². The first-order valence-electron chi connectivity index (χ1n) is 6.31. The first-order chi connectivity index (χ1) is 8.06. The molecule has 2 fully saturated rings. The molecule has 2 amide bonds. The fraction of sp³-hybridized carbons (Fsp3) is 0.833. The van der Waals surface area contributed by atoms with E-state index in [2.05, 4.69) is 5.32 Å². The minimum absolute atomic E-state index is 0.0775. The van der Waals surface area contributed by atoms with Crippen LogP contribution in [0.2, 0.25) is 0 Å². The zero-order valence-electron chi connectivity index (χ0n) is 10.4. The first-order valence-corrected chi connectivity index (χ1v) is 6.31. The lowest BCUT2D eigenvalue weighted by Crippen LogP contribution is -2.55. The molecular weight excluding hydrogens is 220 g/mol. The van der Waals surface area contributed by atoms with Gasteiger partial charge in [-0.1, -0.05) is 0 Å². The van der Waals surface area contributed by atoms with Crippen molar-refractivity contribution in [2.45, 2.75) is 45.3 Å². The number of rotatable bonds is 1. The Kier molecular flexibility index (Phi) is 3.54. The van der Waals surface area contributed by atoms with Gasteiger partial charge in [0.1, 0.15) is 0 Å². The third-order valence-corrected chi connectivity index (χ3v) is 3.42. The molecule has 0 spiro atoms. The van der Waals surface area contributed by atoms with Crippen molar-refractivity contribution in [1.29, 1.82) is 0 Å². The monoisotopic (exact) mass is 240 g/mol. The number of carbonyl (C=O) groups excluding carboxylic acids is 2. The molecule has 0 radical (unpaired) electrons. The molecule has 2 saturated heterocycles. The van der Waals surface area contributed by atoms with Gasteiger partial charge in [0.25, 0.3) is 0 Å². The van der Waals surface area contributed by atoms with Crippen LogP contribution in [0.3, 0.4) is 0 Å². The van der Waals surface area contributed by atoms with Crippen molar-refractivity contribution in [3.63, 3.8) is 0 Å². The predicted octanol–water partition coefficient (Wildman–Crippen LogP) is 1.13. The highest BCUT2D eigenvalue weighted by Crippen LogP contribution is 2.25. The Bertz CT molecular complexity index is 317. The number of nitrogens with zero attached hydrogens (tertiary/aromatic N) is 1. The van der Waals surface area contributed by atoms with E-state index < -0.39 is 0 Å². The van der Waals surface area contributed by atoms with Crippen LogP contribution in [0.4, 0.5) is 4.79 Å². The Morgan fingerprint density at radius 2 is 2.24 bits per heavy atom. The maximum absolute atomic E-state index is 11.8. The number of ether oxygens (including phenoxy) is 1. The molecule has 0 saturated carbocycles. The fourth-order valence-electron chi connectivity index (χ4n) is 2.55. The highest BCUT2D eigenvalue weighted by atomic mass is 16.6. The maximum Gasteiger partial charge on any atom is 0.410 e. The van der Waals surface area contributed by atoms with Crippen LogP contribution in [0, 0.1) is 5.92 Å². The van der Waals surface area contributed by atoms with Crippen molar-refractivity contribution in [3.05, 3.63) is 0 Å². The molecule has 5 nitrogen and oxygen atoms in total. The number of fused-ring (bicyclic) bond motifs is 1. The van der Waals surface area contributed by atoms with Crippen LogP contribution in [0.25, 0.3) is 0 Å². The van der Waals surface area contributed by atoms with E-state index in [1.54, 1.807) is 4.90 Å². The molecule has 0 aliphatic carbocycles. The summed E-state index contributed by atoms with van der Waals surface area (Å²) in [4.78, 5) is 24.8. The highest BCUT2D eigenvalue weighted by Gasteiger charge is 2.35. The van der Waals surface area contributed by atoms with Gasteiger partial charge in [0.2, 0.25) is 5.91 Å². The van der Waals surface area contributed by atoms with Gasteiger partial charge in [-0.2, -0.15) is 0 Å². The van der Waals surface area contributed by atoms with E-state index in [9.17, 15) is 9.59 Å². The van der Waals surface area contributed by atoms with Crippen LogP contribution in [-0.4, -0.2) is 42.1 Å². The van der Waals surface area contributed by atoms with Crippen LogP contribution < -0.4 is 5.32 Å². The number of hydrogen-bond acceptors (Lipinski definition) is 3. The topological polar surface area (TPSA) is 58.6 Å². The molecule has 2 atom stereocenters. The molecule has 2 aliphatic heterocycles. The van der Waals surface area contributed by atoms with Crippen molar-refractivity contribution < 1.29 is 14.3 Å². The Morgan fingerprint density at radius 1 is 1.47 bits per heavy atom.